The first-order valence-corrected chi connectivity index (χ1v) is 9.39. The lowest BCUT2D eigenvalue weighted by Crippen LogP contribution is -2.31. The van der Waals surface area contributed by atoms with Gasteiger partial charge < -0.3 is 19.9 Å². The first-order valence-electron chi connectivity index (χ1n) is 9.39. The Balaban J connectivity index is 1.50. The first-order chi connectivity index (χ1) is 13.6. The number of pyridine rings is 1. The number of nitrogens with zero attached hydrogens (tertiary/aromatic N) is 3. The monoisotopic (exact) mass is 378 g/mol. The Morgan fingerprint density at radius 3 is 2.57 bits per heavy atom. The number of amides is 1. The summed E-state index contributed by atoms with van der Waals surface area (Å²) in [7, 11) is 0. The number of carboxylic acid groups (broad SMARTS) is 1. The van der Waals surface area contributed by atoms with E-state index < -0.39 is 5.97 Å². The predicted molar refractivity (Wildman–Crippen MR) is 107 cm³/mol. The molecule has 144 valence electrons. The van der Waals surface area contributed by atoms with Gasteiger partial charge in [0, 0.05) is 41.9 Å². The molecule has 0 saturated carbocycles. The van der Waals surface area contributed by atoms with Gasteiger partial charge in [0.1, 0.15) is 18.9 Å². The van der Waals surface area contributed by atoms with E-state index in [-0.39, 0.29) is 19.0 Å². The van der Waals surface area contributed by atoms with E-state index in [0.717, 1.165) is 40.9 Å². The number of rotatable bonds is 6. The predicted octanol–water partition coefficient (Wildman–Crippen LogP) is 2.50. The molecule has 1 amide bonds. The minimum absolute atomic E-state index is 0.0855. The second kappa shape index (κ2) is 7.72. The van der Waals surface area contributed by atoms with Gasteiger partial charge in [0.25, 0.3) is 0 Å². The molecule has 1 aromatic carbocycles. The number of hydrogen-bond acceptors (Lipinski definition) is 4. The van der Waals surface area contributed by atoms with Gasteiger partial charge in [-0.3, -0.25) is 9.59 Å². The van der Waals surface area contributed by atoms with E-state index in [1.54, 1.807) is 0 Å². The summed E-state index contributed by atoms with van der Waals surface area (Å²) in [5.74, 6) is -0.355. The van der Waals surface area contributed by atoms with Crippen LogP contribution in [0, 0.1) is 0 Å². The van der Waals surface area contributed by atoms with Crippen molar-refractivity contribution in [3.63, 3.8) is 0 Å². The molecule has 4 rings (SSSR count). The van der Waals surface area contributed by atoms with Crippen molar-refractivity contribution >= 4 is 28.6 Å². The van der Waals surface area contributed by atoms with Crippen LogP contribution in [0.3, 0.4) is 0 Å². The maximum absolute atomic E-state index is 11.9. The molecule has 0 radical (unpaired) electrons. The molecule has 2 N–H and O–H groups in total. The maximum atomic E-state index is 11.9. The number of anilines is 1. The molecule has 7 nitrogen and oxygen atoms in total. The number of hydrogen-bond donors (Lipinski definition) is 2. The number of fused-ring (bicyclic) bond motifs is 1. The van der Waals surface area contributed by atoms with Crippen molar-refractivity contribution in [1.82, 2.24) is 14.9 Å². The average molecular weight is 378 g/mol. The molecule has 0 aliphatic carbocycles. The quantitative estimate of drug-likeness (QED) is 0.688. The van der Waals surface area contributed by atoms with Crippen molar-refractivity contribution in [2.24, 2.45) is 0 Å². The molecular formula is C21H22N4O3. The van der Waals surface area contributed by atoms with Crippen molar-refractivity contribution in [2.75, 3.05) is 24.5 Å². The summed E-state index contributed by atoms with van der Waals surface area (Å²) in [6, 6.07) is 12.2. The van der Waals surface area contributed by atoms with E-state index in [4.69, 9.17) is 5.11 Å². The van der Waals surface area contributed by atoms with E-state index in [2.05, 4.69) is 33.4 Å². The minimum atomic E-state index is -1.06. The molecule has 0 atom stereocenters. The van der Waals surface area contributed by atoms with Gasteiger partial charge >= 0.3 is 5.97 Å². The van der Waals surface area contributed by atoms with Crippen LogP contribution in [0.1, 0.15) is 12.8 Å². The summed E-state index contributed by atoms with van der Waals surface area (Å²) in [6.07, 6.45) is 6.20. The lowest BCUT2D eigenvalue weighted by atomic mass is 10.1. The minimum Gasteiger partial charge on any atom is -0.480 e. The molecule has 0 unspecified atom stereocenters. The smallest absolute Gasteiger partial charge is 0.322 e. The van der Waals surface area contributed by atoms with Crippen molar-refractivity contribution < 1.29 is 14.7 Å². The molecule has 1 aliphatic heterocycles. The van der Waals surface area contributed by atoms with Crippen LogP contribution in [-0.4, -0.2) is 46.2 Å². The van der Waals surface area contributed by atoms with Gasteiger partial charge in [-0.2, -0.15) is 0 Å². The lowest BCUT2D eigenvalue weighted by Gasteiger charge is -2.16. The summed E-state index contributed by atoms with van der Waals surface area (Å²) in [6.45, 7) is 1.86. The van der Waals surface area contributed by atoms with Crippen LogP contribution in [0.5, 0.6) is 0 Å². The Morgan fingerprint density at radius 1 is 1.07 bits per heavy atom. The van der Waals surface area contributed by atoms with Crippen molar-refractivity contribution in [1.29, 1.82) is 0 Å². The highest BCUT2D eigenvalue weighted by Gasteiger charge is 2.13. The SMILES string of the molecule is O=C(O)CNC(=O)Cn1ccc2cc(-c3ccc(N4CCCC4)nc3)ccc21. The number of nitrogens with one attached hydrogen (secondary N) is 1. The highest BCUT2D eigenvalue weighted by atomic mass is 16.4. The Kier molecular flexibility index (Phi) is 4.97. The number of carbonyl (C=O) groups is 2. The largest absolute Gasteiger partial charge is 0.480 e. The number of benzene rings is 1. The number of aliphatic carboxylic acids is 1. The Bertz CT molecular complexity index is 1000. The third-order valence-electron chi connectivity index (χ3n) is 5.03. The topological polar surface area (TPSA) is 87.5 Å². The van der Waals surface area contributed by atoms with Gasteiger partial charge in [-0.15, -0.1) is 0 Å². The molecule has 7 heteroatoms. The standard InChI is InChI=1S/C21H22N4O3/c26-20(23-13-21(27)28)14-25-10-7-16-11-15(3-5-18(16)25)17-4-6-19(22-12-17)24-8-1-2-9-24/h3-7,10-12H,1-2,8-9,13-14H2,(H,23,26)(H,27,28). The van der Waals surface area contributed by atoms with Crippen LogP contribution in [0.15, 0.2) is 48.8 Å². The normalized spacial score (nSPS) is 13.8. The third-order valence-corrected chi connectivity index (χ3v) is 5.03. The van der Waals surface area contributed by atoms with Gasteiger partial charge in [0.15, 0.2) is 0 Å². The van der Waals surface area contributed by atoms with Crippen LogP contribution in [0.2, 0.25) is 0 Å². The zero-order valence-corrected chi connectivity index (χ0v) is 15.5. The Hall–Kier alpha value is -3.35. The molecule has 3 heterocycles. The summed E-state index contributed by atoms with van der Waals surface area (Å²) in [4.78, 5) is 29.4. The fourth-order valence-electron chi connectivity index (χ4n) is 3.59. The number of carbonyl (C=O) groups excluding carboxylic acids is 1. The van der Waals surface area contributed by atoms with Gasteiger partial charge in [0.2, 0.25) is 5.91 Å². The molecule has 1 saturated heterocycles. The van der Waals surface area contributed by atoms with Crippen LogP contribution in [0.25, 0.3) is 22.0 Å². The third kappa shape index (κ3) is 3.83. The van der Waals surface area contributed by atoms with E-state index in [1.165, 1.54) is 12.8 Å². The van der Waals surface area contributed by atoms with E-state index in [1.807, 2.05) is 35.2 Å². The highest BCUT2D eigenvalue weighted by Crippen LogP contribution is 2.26. The average Bonchev–Trinajstić information content (AvgIpc) is 3.37. The molecule has 1 fully saturated rings. The van der Waals surface area contributed by atoms with Gasteiger partial charge in [-0.25, -0.2) is 4.98 Å². The second-order valence-corrected chi connectivity index (χ2v) is 6.99. The second-order valence-electron chi connectivity index (χ2n) is 6.99. The Morgan fingerprint density at radius 2 is 1.86 bits per heavy atom. The molecule has 0 spiro atoms. The van der Waals surface area contributed by atoms with Crippen LogP contribution < -0.4 is 10.2 Å². The van der Waals surface area contributed by atoms with Crippen molar-refractivity contribution in [3.8, 4) is 11.1 Å². The fraction of sp³-hybridized carbons (Fsp3) is 0.286. The fourth-order valence-corrected chi connectivity index (χ4v) is 3.59. The molecule has 1 aliphatic rings. The highest BCUT2D eigenvalue weighted by molar-refractivity contribution is 5.88. The summed E-state index contributed by atoms with van der Waals surface area (Å²) in [5, 5.41) is 12.0. The summed E-state index contributed by atoms with van der Waals surface area (Å²) >= 11 is 0. The van der Waals surface area contributed by atoms with E-state index in [0.29, 0.717) is 0 Å². The van der Waals surface area contributed by atoms with Crippen molar-refractivity contribution in [2.45, 2.75) is 19.4 Å². The van der Waals surface area contributed by atoms with Gasteiger partial charge in [-0.1, -0.05) is 6.07 Å². The van der Waals surface area contributed by atoms with Gasteiger partial charge in [-0.05, 0) is 48.7 Å². The Labute approximate surface area is 162 Å². The van der Waals surface area contributed by atoms with Crippen LogP contribution in [-0.2, 0) is 16.1 Å². The molecule has 3 aromatic rings. The maximum Gasteiger partial charge on any atom is 0.322 e. The molecule has 28 heavy (non-hydrogen) atoms. The zero-order valence-electron chi connectivity index (χ0n) is 15.5. The molecule has 0 bridgehead atoms. The number of carboxylic acids is 1. The van der Waals surface area contributed by atoms with E-state index in [9.17, 15) is 9.59 Å². The summed E-state index contributed by atoms with van der Waals surface area (Å²) in [5.41, 5.74) is 3.05. The summed E-state index contributed by atoms with van der Waals surface area (Å²) < 4.78 is 1.81. The lowest BCUT2D eigenvalue weighted by molar-refractivity contribution is -0.138. The van der Waals surface area contributed by atoms with Gasteiger partial charge in [0.05, 0.1) is 0 Å². The molecular weight excluding hydrogens is 356 g/mol. The zero-order chi connectivity index (χ0) is 19.5. The van der Waals surface area contributed by atoms with Crippen molar-refractivity contribution in [3.05, 3.63) is 48.8 Å². The first kappa shape index (κ1) is 18.0. The number of aromatic nitrogens is 2. The van der Waals surface area contributed by atoms with E-state index >= 15 is 0 Å². The van der Waals surface area contributed by atoms with Crippen LogP contribution in [0.4, 0.5) is 5.82 Å². The van der Waals surface area contributed by atoms with Crippen LogP contribution >= 0.6 is 0 Å². The molecule has 2 aromatic heterocycles.